The molecule has 2 rings (SSSR count). The minimum atomic E-state index is -3.65. The number of anilines is 1. The number of amides is 1. The first-order valence-electron chi connectivity index (χ1n) is 8.25. The van der Waals surface area contributed by atoms with Gasteiger partial charge in [-0.05, 0) is 57.5 Å². The molecule has 0 saturated heterocycles. The number of hydrogen-bond acceptors (Lipinski definition) is 3. The van der Waals surface area contributed by atoms with Crippen LogP contribution in [-0.2, 0) is 14.8 Å². The van der Waals surface area contributed by atoms with Crippen LogP contribution in [0.15, 0.2) is 59.5 Å². The Morgan fingerprint density at radius 3 is 2.31 bits per heavy atom. The minimum absolute atomic E-state index is 0.104. The average Bonchev–Trinajstić information content (AvgIpc) is 2.52. The molecule has 6 heteroatoms. The second kappa shape index (κ2) is 7.85. The van der Waals surface area contributed by atoms with Crippen molar-refractivity contribution in [2.45, 2.75) is 38.1 Å². The van der Waals surface area contributed by atoms with Crippen molar-refractivity contribution >= 4 is 27.7 Å². The lowest BCUT2D eigenvalue weighted by molar-refractivity contribution is -0.111. The highest BCUT2D eigenvalue weighted by Crippen LogP contribution is 2.17. The molecule has 0 spiro atoms. The molecule has 0 saturated carbocycles. The van der Waals surface area contributed by atoms with Crippen molar-refractivity contribution in [1.82, 2.24) is 4.72 Å². The van der Waals surface area contributed by atoms with E-state index in [1.54, 1.807) is 39.0 Å². The van der Waals surface area contributed by atoms with Crippen molar-refractivity contribution in [3.05, 3.63) is 65.7 Å². The maximum atomic E-state index is 12.4. The third-order valence-corrected chi connectivity index (χ3v) is 5.11. The number of benzene rings is 2. The molecule has 2 aromatic rings. The fourth-order valence-corrected chi connectivity index (χ4v) is 3.70. The van der Waals surface area contributed by atoms with Gasteiger partial charge in [0.1, 0.15) is 0 Å². The first-order valence-corrected chi connectivity index (χ1v) is 9.73. The molecule has 2 N–H and O–H groups in total. The highest BCUT2D eigenvalue weighted by Gasteiger charge is 2.22. The second-order valence-corrected chi connectivity index (χ2v) is 8.80. The van der Waals surface area contributed by atoms with Crippen LogP contribution in [-0.4, -0.2) is 19.9 Å². The smallest absolute Gasteiger partial charge is 0.248 e. The lowest BCUT2D eigenvalue weighted by atomic mass is 10.1. The highest BCUT2D eigenvalue weighted by atomic mass is 32.2. The molecule has 138 valence electrons. The Morgan fingerprint density at radius 2 is 1.69 bits per heavy atom. The van der Waals surface area contributed by atoms with Crippen LogP contribution in [0.2, 0.25) is 0 Å². The van der Waals surface area contributed by atoms with Crippen LogP contribution >= 0.6 is 0 Å². The maximum absolute atomic E-state index is 12.4. The first kappa shape index (κ1) is 19.9. The Morgan fingerprint density at radius 1 is 1.04 bits per heavy atom. The zero-order chi connectivity index (χ0) is 19.4. The Balaban J connectivity index is 2.10. The number of carbonyl (C=O) groups is 1. The molecule has 1 amide bonds. The molecular weight excluding hydrogens is 348 g/mol. The van der Waals surface area contributed by atoms with Crippen molar-refractivity contribution in [2.24, 2.45) is 0 Å². The summed E-state index contributed by atoms with van der Waals surface area (Å²) in [6.45, 7) is 7.31. The summed E-state index contributed by atoms with van der Waals surface area (Å²) in [6.07, 6.45) is 3.12. The third-order valence-electron chi connectivity index (χ3n) is 3.36. The number of rotatable bonds is 5. The van der Waals surface area contributed by atoms with E-state index in [1.165, 1.54) is 18.2 Å². The fraction of sp³-hybridized carbons (Fsp3) is 0.250. The van der Waals surface area contributed by atoms with E-state index in [0.29, 0.717) is 5.69 Å². The largest absolute Gasteiger partial charge is 0.322 e. The Kier molecular flexibility index (Phi) is 6.00. The molecule has 0 fully saturated rings. The lowest BCUT2D eigenvalue weighted by Crippen LogP contribution is -2.40. The van der Waals surface area contributed by atoms with Crippen LogP contribution in [0.3, 0.4) is 0 Å². The predicted octanol–water partition coefficient (Wildman–Crippen LogP) is 3.72. The highest BCUT2D eigenvalue weighted by molar-refractivity contribution is 7.89. The summed E-state index contributed by atoms with van der Waals surface area (Å²) in [5, 5.41) is 2.68. The van der Waals surface area contributed by atoms with Gasteiger partial charge >= 0.3 is 0 Å². The third kappa shape index (κ3) is 6.13. The molecule has 5 nitrogen and oxygen atoms in total. The zero-order valence-corrected chi connectivity index (χ0v) is 16.2. The van der Waals surface area contributed by atoms with Gasteiger partial charge in [-0.2, -0.15) is 0 Å². The summed E-state index contributed by atoms with van der Waals surface area (Å²) in [5.41, 5.74) is 1.89. The summed E-state index contributed by atoms with van der Waals surface area (Å²) >= 11 is 0. The summed E-state index contributed by atoms with van der Waals surface area (Å²) in [5.74, 6) is -0.330. The van der Waals surface area contributed by atoms with Gasteiger partial charge in [-0.15, -0.1) is 0 Å². The van der Waals surface area contributed by atoms with Crippen LogP contribution in [0.25, 0.3) is 6.08 Å². The average molecular weight is 372 g/mol. The molecule has 2 aromatic carbocycles. The Hall–Kier alpha value is -2.44. The molecule has 0 aliphatic heterocycles. The molecule has 0 radical (unpaired) electrons. The maximum Gasteiger partial charge on any atom is 0.248 e. The van der Waals surface area contributed by atoms with Crippen molar-refractivity contribution in [3.8, 4) is 0 Å². The molecular formula is C20H24N2O3S. The topological polar surface area (TPSA) is 75.3 Å². The Bertz CT molecular complexity index is 909. The molecule has 0 aliphatic carbocycles. The molecule has 26 heavy (non-hydrogen) atoms. The zero-order valence-electron chi connectivity index (χ0n) is 15.4. The number of aryl methyl sites for hydroxylation is 1. The van der Waals surface area contributed by atoms with Crippen molar-refractivity contribution in [2.75, 3.05) is 5.32 Å². The van der Waals surface area contributed by atoms with Gasteiger partial charge in [0, 0.05) is 17.3 Å². The van der Waals surface area contributed by atoms with E-state index in [-0.39, 0.29) is 10.8 Å². The number of hydrogen-bond donors (Lipinski definition) is 2. The first-order chi connectivity index (χ1) is 12.0. The number of sulfonamides is 1. The monoisotopic (exact) mass is 372 g/mol. The van der Waals surface area contributed by atoms with Crippen molar-refractivity contribution < 1.29 is 13.2 Å². The molecule has 0 unspecified atom stereocenters. The van der Waals surface area contributed by atoms with Crippen LogP contribution < -0.4 is 10.0 Å². The minimum Gasteiger partial charge on any atom is -0.322 e. The van der Waals surface area contributed by atoms with Gasteiger partial charge in [0.15, 0.2) is 0 Å². The normalized spacial score (nSPS) is 12.3. The van der Waals surface area contributed by atoms with Gasteiger partial charge in [0.25, 0.3) is 0 Å². The van der Waals surface area contributed by atoms with Crippen LogP contribution in [0.1, 0.15) is 31.9 Å². The van der Waals surface area contributed by atoms with Crippen molar-refractivity contribution in [1.29, 1.82) is 0 Å². The van der Waals surface area contributed by atoms with Gasteiger partial charge in [0.2, 0.25) is 15.9 Å². The standard InChI is InChI=1S/C20H24N2O3S/c1-15-8-10-16(11-9-15)12-13-19(23)21-17-6-5-7-18(14-17)26(24,25)22-20(2,3)4/h5-14,22H,1-4H3,(H,21,23)/b13-12+. The van der Waals surface area contributed by atoms with E-state index in [9.17, 15) is 13.2 Å². The van der Waals surface area contributed by atoms with Gasteiger partial charge in [-0.25, -0.2) is 13.1 Å². The summed E-state index contributed by atoms with van der Waals surface area (Å²) in [6, 6.07) is 13.9. The van der Waals surface area contributed by atoms with E-state index in [2.05, 4.69) is 10.0 Å². The molecule has 0 aliphatic rings. The quantitative estimate of drug-likeness (QED) is 0.786. The summed E-state index contributed by atoms with van der Waals surface area (Å²) in [4.78, 5) is 12.2. The van der Waals surface area contributed by atoms with Crippen LogP contribution in [0.5, 0.6) is 0 Å². The summed E-state index contributed by atoms with van der Waals surface area (Å²) in [7, 11) is -3.65. The van der Waals surface area contributed by atoms with Crippen LogP contribution in [0, 0.1) is 6.92 Å². The SMILES string of the molecule is Cc1ccc(/C=C/C(=O)Nc2cccc(S(=O)(=O)NC(C)(C)C)c2)cc1. The fourth-order valence-electron chi connectivity index (χ4n) is 2.24. The van der Waals surface area contributed by atoms with Gasteiger partial charge < -0.3 is 5.32 Å². The lowest BCUT2D eigenvalue weighted by Gasteiger charge is -2.20. The van der Waals surface area contributed by atoms with E-state index in [1.807, 2.05) is 31.2 Å². The van der Waals surface area contributed by atoms with Crippen LogP contribution in [0.4, 0.5) is 5.69 Å². The van der Waals surface area contributed by atoms with E-state index in [0.717, 1.165) is 11.1 Å². The second-order valence-electron chi connectivity index (χ2n) is 7.12. The van der Waals surface area contributed by atoms with Gasteiger partial charge in [-0.1, -0.05) is 35.9 Å². The molecule has 0 bridgehead atoms. The Labute approximate surface area is 155 Å². The van der Waals surface area contributed by atoms with Crippen molar-refractivity contribution in [3.63, 3.8) is 0 Å². The predicted molar refractivity (Wildman–Crippen MR) is 105 cm³/mol. The summed E-state index contributed by atoms with van der Waals surface area (Å²) < 4.78 is 27.4. The van der Waals surface area contributed by atoms with Gasteiger partial charge in [-0.3, -0.25) is 4.79 Å². The van der Waals surface area contributed by atoms with E-state index < -0.39 is 15.6 Å². The van der Waals surface area contributed by atoms with Gasteiger partial charge in [0.05, 0.1) is 4.90 Å². The van der Waals surface area contributed by atoms with E-state index >= 15 is 0 Å². The molecule has 0 atom stereocenters. The molecule has 0 heterocycles. The molecule has 0 aromatic heterocycles. The number of carbonyl (C=O) groups excluding carboxylic acids is 1. The van der Waals surface area contributed by atoms with E-state index in [4.69, 9.17) is 0 Å². The number of nitrogens with one attached hydrogen (secondary N) is 2.